The minimum atomic E-state index is -1.21. The van der Waals surface area contributed by atoms with Crippen molar-refractivity contribution >= 4 is 18.0 Å². The highest BCUT2D eigenvalue weighted by atomic mass is 16.6. The second-order valence-corrected chi connectivity index (χ2v) is 11.1. The number of rotatable bonds is 7. The number of likely N-dealkylation sites (tertiary alicyclic amines) is 2. The molecule has 2 atom stereocenters. The summed E-state index contributed by atoms with van der Waals surface area (Å²) in [6.07, 6.45) is 3.56. The molecule has 2 saturated heterocycles. The molecule has 0 aromatic heterocycles. The van der Waals surface area contributed by atoms with E-state index in [0.29, 0.717) is 24.9 Å². The Balaban J connectivity index is 1.72. The molecule has 2 aliphatic heterocycles. The number of carboxylic acid groups (broad SMARTS) is 1. The number of ether oxygens (including phenoxy) is 1. The van der Waals surface area contributed by atoms with Crippen LogP contribution in [0.4, 0.5) is 4.79 Å². The highest BCUT2D eigenvalue weighted by Gasteiger charge is 2.40. The first-order chi connectivity index (χ1) is 16.5. The molecule has 0 bridgehead atoms. The van der Waals surface area contributed by atoms with Crippen molar-refractivity contribution in [1.82, 2.24) is 15.1 Å². The van der Waals surface area contributed by atoms with E-state index in [9.17, 15) is 19.5 Å². The van der Waals surface area contributed by atoms with E-state index in [1.165, 1.54) is 12.8 Å². The number of aliphatic carboxylic acids is 1. The number of alkyl carbamates (subject to hydrolysis) is 1. The number of amides is 2. The Labute approximate surface area is 209 Å². The van der Waals surface area contributed by atoms with Gasteiger partial charge in [-0.1, -0.05) is 30.3 Å². The van der Waals surface area contributed by atoms with E-state index >= 15 is 0 Å². The maximum absolute atomic E-state index is 13.6. The largest absolute Gasteiger partial charge is 0.481 e. The Morgan fingerprint density at radius 2 is 1.54 bits per heavy atom. The molecule has 0 aliphatic carbocycles. The molecule has 0 radical (unpaired) electrons. The molecule has 8 nitrogen and oxygen atoms in total. The van der Waals surface area contributed by atoms with Crippen molar-refractivity contribution in [2.45, 2.75) is 64.5 Å². The van der Waals surface area contributed by atoms with Crippen LogP contribution < -0.4 is 5.32 Å². The summed E-state index contributed by atoms with van der Waals surface area (Å²) in [6.45, 7) is 8.60. The molecule has 2 N–H and O–H groups in total. The van der Waals surface area contributed by atoms with Crippen LogP contribution >= 0.6 is 0 Å². The van der Waals surface area contributed by atoms with Gasteiger partial charge in [0.1, 0.15) is 11.6 Å². The van der Waals surface area contributed by atoms with E-state index in [1.807, 2.05) is 30.3 Å². The smallest absolute Gasteiger partial charge is 0.408 e. The number of carbonyl (C=O) groups is 3. The third kappa shape index (κ3) is 7.95. The summed E-state index contributed by atoms with van der Waals surface area (Å²) in [5.41, 5.74) is 0.0343. The Morgan fingerprint density at radius 3 is 2.06 bits per heavy atom. The second-order valence-electron chi connectivity index (χ2n) is 11.1. The highest BCUT2D eigenvalue weighted by Crippen LogP contribution is 2.32. The van der Waals surface area contributed by atoms with E-state index in [0.717, 1.165) is 31.5 Å². The van der Waals surface area contributed by atoms with Crippen LogP contribution in [0.1, 0.15) is 52.0 Å². The summed E-state index contributed by atoms with van der Waals surface area (Å²) >= 11 is 0. The zero-order valence-electron chi connectivity index (χ0n) is 21.5. The summed E-state index contributed by atoms with van der Waals surface area (Å²) < 4.78 is 5.37. The van der Waals surface area contributed by atoms with Gasteiger partial charge in [0.25, 0.3) is 0 Å². The maximum Gasteiger partial charge on any atom is 0.408 e. The van der Waals surface area contributed by atoms with Crippen molar-refractivity contribution in [3.63, 3.8) is 0 Å². The molecule has 1 aromatic carbocycles. The highest BCUT2D eigenvalue weighted by molar-refractivity contribution is 5.90. The monoisotopic (exact) mass is 487 g/mol. The quantitative estimate of drug-likeness (QED) is 0.612. The Morgan fingerprint density at radius 1 is 1.00 bits per heavy atom. The van der Waals surface area contributed by atoms with Crippen molar-refractivity contribution < 1.29 is 24.2 Å². The number of benzene rings is 1. The molecule has 2 heterocycles. The van der Waals surface area contributed by atoms with Gasteiger partial charge < -0.3 is 25.0 Å². The number of nitrogens with one attached hydrogen (secondary N) is 1. The van der Waals surface area contributed by atoms with Gasteiger partial charge in [0, 0.05) is 13.1 Å². The molecule has 1 unspecified atom stereocenters. The van der Waals surface area contributed by atoms with E-state index in [2.05, 4.69) is 17.3 Å². The van der Waals surface area contributed by atoms with Crippen LogP contribution in [0, 0.1) is 17.8 Å². The molecule has 194 valence electrons. The standard InChI is InChI=1S/C27H41N3O5/c1-27(2,3)35-26(34)28-23(22(25(32)33)18-19-8-6-5-7-9-19)24(31)30-16-12-21(13-17-30)20-10-14-29(4)15-11-20/h5-9,20-23H,10-18H2,1-4H3,(H,28,34)(H,32,33)/t22?,23-/m1/s1. The van der Waals surface area contributed by atoms with Crippen LogP contribution in [0.15, 0.2) is 30.3 Å². The molecular weight excluding hydrogens is 446 g/mol. The molecule has 1 aromatic rings. The van der Waals surface area contributed by atoms with Crippen LogP contribution in [0.5, 0.6) is 0 Å². The molecule has 2 aliphatic rings. The number of carbonyl (C=O) groups excluding carboxylic acids is 2. The molecule has 0 spiro atoms. The number of piperidine rings is 2. The minimum absolute atomic E-state index is 0.133. The van der Waals surface area contributed by atoms with Gasteiger partial charge in [-0.2, -0.15) is 0 Å². The summed E-state index contributed by atoms with van der Waals surface area (Å²) in [4.78, 5) is 42.7. The van der Waals surface area contributed by atoms with Gasteiger partial charge in [-0.3, -0.25) is 9.59 Å². The lowest BCUT2D eigenvalue weighted by Gasteiger charge is -2.40. The normalized spacial score (nSPS) is 20.2. The van der Waals surface area contributed by atoms with Gasteiger partial charge in [0.05, 0.1) is 5.92 Å². The summed E-state index contributed by atoms with van der Waals surface area (Å²) in [5.74, 6) is -1.30. The predicted molar refractivity (Wildman–Crippen MR) is 134 cm³/mol. The Hall–Kier alpha value is -2.61. The number of hydrogen-bond donors (Lipinski definition) is 2. The fourth-order valence-corrected chi connectivity index (χ4v) is 5.27. The fourth-order valence-electron chi connectivity index (χ4n) is 5.27. The first kappa shape index (κ1) is 27.0. The summed E-state index contributed by atoms with van der Waals surface area (Å²) in [7, 11) is 2.16. The van der Waals surface area contributed by atoms with E-state index < -0.39 is 29.6 Å². The van der Waals surface area contributed by atoms with Crippen LogP contribution in [-0.2, 0) is 20.7 Å². The first-order valence-corrected chi connectivity index (χ1v) is 12.8. The third-order valence-electron chi connectivity index (χ3n) is 7.24. The van der Waals surface area contributed by atoms with Crippen molar-refractivity contribution in [3.05, 3.63) is 35.9 Å². The summed E-state index contributed by atoms with van der Waals surface area (Å²) in [6, 6.07) is 7.98. The molecule has 35 heavy (non-hydrogen) atoms. The molecular formula is C27H41N3O5. The number of hydrogen-bond acceptors (Lipinski definition) is 5. The molecule has 0 saturated carbocycles. The Kier molecular flexibility index (Phi) is 9.16. The van der Waals surface area contributed by atoms with Gasteiger partial charge >= 0.3 is 12.1 Å². The molecule has 3 rings (SSSR count). The Bertz CT molecular complexity index is 853. The first-order valence-electron chi connectivity index (χ1n) is 12.8. The van der Waals surface area contributed by atoms with Crippen molar-refractivity contribution in [1.29, 1.82) is 0 Å². The summed E-state index contributed by atoms with van der Waals surface area (Å²) in [5, 5.41) is 12.7. The SMILES string of the molecule is CN1CCC(C2CCN(C(=O)[C@H](NC(=O)OC(C)(C)C)C(Cc3ccccc3)C(=O)O)CC2)CC1. The number of carboxylic acids is 1. The van der Waals surface area contributed by atoms with Crippen LogP contribution in [0.3, 0.4) is 0 Å². The van der Waals surface area contributed by atoms with Crippen molar-refractivity contribution in [2.24, 2.45) is 17.8 Å². The molecule has 2 fully saturated rings. The van der Waals surface area contributed by atoms with Gasteiger partial charge in [-0.25, -0.2) is 4.79 Å². The van der Waals surface area contributed by atoms with Gasteiger partial charge in [-0.05, 0) is 90.4 Å². The van der Waals surface area contributed by atoms with E-state index in [1.54, 1.807) is 25.7 Å². The number of nitrogens with zero attached hydrogens (tertiary/aromatic N) is 2. The van der Waals surface area contributed by atoms with Crippen LogP contribution in [0.2, 0.25) is 0 Å². The second kappa shape index (κ2) is 11.9. The van der Waals surface area contributed by atoms with Gasteiger partial charge in [0.15, 0.2) is 0 Å². The molecule has 2 amide bonds. The average Bonchev–Trinajstić information content (AvgIpc) is 2.81. The fraction of sp³-hybridized carbons (Fsp3) is 0.667. The van der Waals surface area contributed by atoms with Gasteiger partial charge in [0.2, 0.25) is 5.91 Å². The van der Waals surface area contributed by atoms with Gasteiger partial charge in [-0.15, -0.1) is 0 Å². The predicted octanol–water partition coefficient (Wildman–Crippen LogP) is 3.40. The minimum Gasteiger partial charge on any atom is -0.481 e. The maximum atomic E-state index is 13.6. The van der Waals surface area contributed by atoms with E-state index in [4.69, 9.17) is 4.74 Å². The zero-order valence-corrected chi connectivity index (χ0v) is 21.5. The van der Waals surface area contributed by atoms with Crippen molar-refractivity contribution in [2.75, 3.05) is 33.2 Å². The van der Waals surface area contributed by atoms with Crippen LogP contribution in [0.25, 0.3) is 0 Å². The zero-order chi connectivity index (χ0) is 25.6. The van der Waals surface area contributed by atoms with E-state index in [-0.39, 0.29) is 12.3 Å². The third-order valence-corrected chi connectivity index (χ3v) is 7.24. The lowest BCUT2D eigenvalue weighted by Crippen LogP contribution is -2.56. The molecule has 8 heteroatoms. The lowest BCUT2D eigenvalue weighted by atomic mass is 9.78. The van der Waals surface area contributed by atoms with Crippen molar-refractivity contribution in [3.8, 4) is 0 Å². The van der Waals surface area contributed by atoms with Crippen LogP contribution in [-0.4, -0.2) is 77.7 Å². The lowest BCUT2D eigenvalue weighted by molar-refractivity contribution is -0.148. The average molecular weight is 488 g/mol. The topological polar surface area (TPSA) is 99.2 Å².